The third-order valence-corrected chi connectivity index (χ3v) is 1.80. The highest BCUT2D eigenvalue weighted by molar-refractivity contribution is 7.80. The molecule has 0 spiro atoms. The molecule has 2 heteroatoms. The van der Waals surface area contributed by atoms with Crippen LogP contribution in [0.25, 0.3) is 0 Å². The molecular weight excluding hydrogens is 166 g/mol. The standard InChI is InChI=1S/C10H13NS/c1-7(2)11-10-5-4-9(12)6-8(10)3/h4-6,12H,1-3H3. The molecule has 0 heterocycles. The van der Waals surface area contributed by atoms with Crippen molar-refractivity contribution in [2.45, 2.75) is 25.7 Å². The molecule has 0 unspecified atom stereocenters. The summed E-state index contributed by atoms with van der Waals surface area (Å²) >= 11 is 4.24. The maximum Gasteiger partial charge on any atom is 0.0658 e. The molecule has 1 aromatic carbocycles. The van der Waals surface area contributed by atoms with Gasteiger partial charge in [0.2, 0.25) is 0 Å². The summed E-state index contributed by atoms with van der Waals surface area (Å²) in [5.74, 6) is 0. The van der Waals surface area contributed by atoms with E-state index in [-0.39, 0.29) is 0 Å². The van der Waals surface area contributed by atoms with Gasteiger partial charge in [-0.2, -0.15) is 0 Å². The highest BCUT2D eigenvalue weighted by Gasteiger charge is 1.95. The SMILES string of the molecule is CC(C)=Nc1ccc(S)cc1C. The molecule has 12 heavy (non-hydrogen) atoms. The van der Waals surface area contributed by atoms with Gasteiger partial charge in [0.1, 0.15) is 0 Å². The minimum absolute atomic E-state index is 0.986. The lowest BCUT2D eigenvalue weighted by molar-refractivity contribution is 1.32. The van der Waals surface area contributed by atoms with E-state index in [1.165, 1.54) is 5.56 Å². The highest BCUT2D eigenvalue weighted by atomic mass is 32.1. The summed E-state index contributed by atoms with van der Waals surface area (Å²) in [6.45, 7) is 6.03. The number of nitrogens with zero attached hydrogens (tertiary/aromatic N) is 1. The number of thiol groups is 1. The number of hydrogen-bond acceptors (Lipinski definition) is 2. The predicted molar refractivity (Wildman–Crippen MR) is 56.9 cm³/mol. The molecule has 64 valence electrons. The molecule has 1 aromatic rings. The first-order valence-corrected chi connectivity index (χ1v) is 4.36. The Bertz CT molecular complexity index is 312. The highest BCUT2D eigenvalue weighted by Crippen LogP contribution is 2.21. The third kappa shape index (κ3) is 2.38. The van der Waals surface area contributed by atoms with Crippen LogP contribution in [-0.4, -0.2) is 5.71 Å². The van der Waals surface area contributed by atoms with Crippen LogP contribution in [0.2, 0.25) is 0 Å². The lowest BCUT2D eigenvalue weighted by Crippen LogP contribution is -1.81. The molecule has 1 rings (SSSR count). The minimum atomic E-state index is 0.986. The Morgan fingerprint density at radius 2 is 2.00 bits per heavy atom. The Hall–Kier alpha value is -0.760. The molecule has 0 aliphatic heterocycles. The van der Waals surface area contributed by atoms with E-state index in [0.29, 0.717) is 0 Å². The van der Waals surface area contributed by atoms with Crippen molar-refractivity contribution in [3.8, 4) is 0 Å². The van der Waals surface area contributed by atoms with Crippen LogP contribution < -0.4 is 0 Å². The molecule has 0 aromatic heterocycles. The smallest absolute Gasteiger partial charge is 0.0658 e. The molecule has 0 radical (unpaired) electrons. The van der Waals surface area contributed by atoms with Crippen molar-refractivity contribution in [2.24, 2.45) is 4.99 Å². The van der Waals surface area contributed by atoms with Gasteiger partial charge in [-0.05, 0) is 44.5 Å². The maximum absolute atomic E-state index is 4.38. The molecule has 0 saturated heterocycles. The van der Waals surface area contributed by atoms with Crippen LogP contribution in [0.4, 0.5) is 5.69 Å². The van der Waals surface area contributed by atoms with Crippen molar-refractivity contribution in [1.82, 2.24) is 0 Å². The van der Waals surface area contributed by atoms with E-state index >= 15 is 0 Å². The number of aliphatic imine (C=N–C) groups is 1. The van der Waals surface area contributed by atoms with Crippen LogP contribution in [0.15, 0.2) is 28.1 Å². The van der Waals surface area contributed by atoms with Gasteiger partial charge >= 0.3 is 0 Å². The molecule has 0 fully saturated rings. The summed E-state index contributed by atoms with van der Waals surface area (Å²) in [5, 5.41) is 0. The monoisotopic (exact) mass is 179 g/mol. The van der Waals surface area contributed by atoms with Crippen LogP contribution in [0.3, 0.4) is 0 Å². The van der Waals surface area contributed by atoms with Gasteiger partial charge in [-0.15, -0.1) is 12.6 Å². The zero-order valence-electron chi connectivity index (χ0n) is 7.63. The molecule has 0 atom stereocenters. The molecule has 0 aliphatic rings. The van der Waals surface area contributed by atoms with Crippen molar-refractivity contribution >= 4 is 24.0 Å². The summed E-state index contributed by atoms with van der Waals surface area (Å²) in [4.78, 5) is 5.37. The van der Waals surface area contributed by atoms with Crippen LogP contribution in [-0.2, 0) is 0 Å². The number of hydrogen-bond donors (Lipinski definition) is 1. The summed E-state index contributed by atoms with van der Waals surface area (Å²) in [6.07, 6.45) is 0. The molecule has 0 saturated carbocycles. The number of benzene rings is 1. The van der Waals surface area contributed by atoms with E-state index in [2.05, 4.69) is 17.6 Å². The Kier molecular flexibility index (Phi) is 2.93. The fourth-order valence-corrected chi connectivity index (χ4v) is 1.27. The van der Waals surface area contributed by atoms with Crippen LogP contribution in [0.5, 0.6) is 0 Å². The van der Waals surface area contributed by atoms with Crippen molar-refractivity contribution in [2.75, 3.05) is 0 Å². The topological polar surface area (TPSA) is 12.4 Å². The normalized spacial score (nSPS) is 9.67. The fraction of sp³-hybridized carbons (Fsp3) is 0.300. The lowest BCUT2D eigenvalue weighted by Gasteiger charge is -2.00. The average molecular weight is 179 g/mol. The minimum Gasteiger partial charge on any atom is -0.258 e. The number of rotatable bonds is 1. The van der Waals surface area contributed by atoms with Crippen LogP contribution in [0.1, 0.15) is 19.4 Å². The summed E-state index contributed by atoms with van der Waals surface area (Å²) in [6, 6.07) is 5.97. The van der Waals surface area contributed by atoms with Crippen molar-refractivity contribution in [1.29, 1.82) is 0 Å². The van der Waals surface area contributed by atoms with E-state index in [1.54, 1.807) is 0 Å². The first-order valence-electron chi connectivity index (χ1n) is 3.91. The van der Waals surface area contributed by atoms with Gasteiger partial charge in [0.15, 0.2) is 0 Å². The molecule has 1 nitrogen and oxygen atoms in total. The Labute approximate surface area is 78.9 Å². The first kappa shape index (κ1) is 9.33. The first-order chi connectivity index (χ1) is 5.59. The van der Waals surface area contributed by atoms with Gasteiger partial charge in [0, 0.05) is 10.6 Å². The average Bonchev–Trinajstić information content (AvgIpc) is 1.94. The molecule has 0 aliphatic carbocycles. The molecule has 0 amide bonds. The quantitative estimate of drug-likeness (QED) is 0.501. The predicted octanol–water partition coefficient (Wildman–Crippen LogP) is 3.40. The third-order valence-electron chi connectivity index (χ3n) is 1.52. The van der Waals surface area contributed by atoms with Gasteiger partial charge in [-0.1, -0.05) is 0 Å². The summed E-state index contributed by atoms with van der Waals surface area (Å²) in [7, 11) is 0. The Morgan fingerprint density at radius 1 is 1.33 bits per heavy atom. The van der Waals surface area contributed by atoms with Gasteiger partial charge in [-0.25, -0.2) is 0 Å². The van der Waals surface area contributed by atoms with Crippen LogP contribution in [0, 0.1) is 6.92 Å². The van der Waals surface area contributed by atoms with E-state index < -0.39 is 0 Å². The van der Waals surface area contributed by atoms with E-state index in [9.17, 15) is 0 Å². The zero-order chi connectivity index (χ0) is 9.14. The van der Waals surface area contributed by atoms with Gasteiger partial charge < -0.3 is 0 Å². The molecule has 0 N–H and O–H groups in total. The molecular formula is C10H13NS. The molecule has 0 bridgehead atoms. The van der Waals surface area contributed by atoms with Crippen molar-refractivity contribution in [3.63, 3.8) is 0 Å². The lowest BCUT2D eigenvalue weighted by atomic mass is 10.2. The zero-order valence-corrected chi connectivity index (χ0v) is 8.52. The fourth-order valence-electron chi connectivity index (χ4n) is 1.01. The number of aryl methyl sites for hydroxylation is 1. The Balaban J connectivity index is 3.10. The summed E-state index contributed by atoms with van der Waals surface area (Å²) < 4.78 is 0. The van der Waals surface area contributed by atoms with Gasteiger partial charge in [-0.3, -0.25) is 4.99 Å². The second-order valence-corrected chi connectivity index (χ2v) is 3.55. The second kappa shape index (κ2) is 3.76. The van der Waals surface area contributed by atoms with Gasteiger partial charge in [0.05, 0.1) is 5.69 Å². The maximum atomic E-state index is 4.38. The van der Waals surface area contributed by atoms with E-state index in [4.69, 9.17) is 0 Å². The van der Waals surface area contributed by atoms with E-state index in [0.717, 1.165) is 16.3 Å². The largest absolute Gasteiger partial charge is 0.258 e. The summed E-state index contributed by atoms with van der Waals surface area (Å²) in [5.41, 5.74) is 3.28. The van der Waals surface area contributed by atoms with Crippen LogP contribution >= 0.6 is 12.6 Å². The van der Waals surface area contributed by atoms with Crippen molar-refractivity contribution in [3.05, 3.63) is 23.8 Å². The van der Waals surface area contributed by atoms with E-state index in [1.807, 2.05) is 39.0 Å². The van der Waals surface area contributed by atoms with Crippen molar-refractivity contribution < 1.29 is 0 Å². The second-order valence-electron chi connectivity index (χ2n) is 3.03. The van der Waals surface area contributed by atoms with Gasteiger partial charge in [0.25, 0.3) is 0 Å². The Morgan fingerprint density at radius 3 is 2.50 bits per heavy atom.